The van der Waals surface area contributed by atoms with Crippen LogP contribution in [0.4, 0.5) is 4.79 Å². The van der Waals surface area contributed by atoms with Crippen LogP contribution in [0.1, 0.15) is 45.6 Å². The molecular formula is C18H25NOS. The van der Waals surface area contributed by atoms with Gasteiger partial charge >= 0.3 is 0 Å². The largest absolute Gasteiger partial charge is 0.344 e. The molecule has 1 aromatic carbocycles. The van der Waals surface area contributed by atoms with E-state index in [1.807, 2.05) is 18.2 Å². The van der Waals surface area contributed by atoms with Crippen molar-refractivity contribution < 1.29 is 4.79 Å². The monoisotopic (exact) mass is 303 g/mol. The van der Waals surface area contributed by atoms with Crippen LogP contribution in [0.15, 0.2) is 30.3 Å². The Morgan fingerprint density at radius 3 is 2.57 bits per heavy atom. The third kappa shape index (κ3) is 2.50. The topological polar surface area (TPSA) is 29.1 Å². The molecule has 0 unspecified atom stereocenters. The summed E-state index contributed by atoms with van der Waals surface area (Å²) < 4.78 is 0. The fourth-order valence-electron chi connectivity index (χ4n) is 4.33. The fraction of sp³-hybridized carbons (Fsp3) is 0.611. The molecule has 0 saturated heterocycles. The molecule has 21 heavy (non-hydrogen) atoms. The number of rotatable bonds is 3. The lowest BCUT2D eigenvalue weighted by Gasteiger charge is -2.39. The summed E-state index contributed by atoms with van der Waals surface area (Å²) in [6, 6.07) is 10.5. The highest BCUT2D eigenvalue weighted by atomic mass is 32.2. The zero-order valence-corrected chi connectivity index (χ0v) is 14.0. The Bertz CT molecular complexity index is 527. The number of carbonyl (C=O) groups excluding carboxylic acids is 1. The van der Waals surface area contributed by atoms with Gasteiger partial charge in [0, 0.05) is 11.8 Å². The Hall–Kier alpha value is -0.960. The lowest BCUT2D eigenvalue weighted by Crippen LogP contribution is -2.45. The van der Waals surface area contributed by atoms with Gasteiger partial charge < -0.3 is 5.32 Å². The SMILES string of the molecule is CC1(C)[C@@H]2CC[C@]1(C)[C@H](NC(=O)SCc1ccccc1)C2. The highest BCUT2D eigenvalue weighted by molar-refractivity contribution is 8.12. The first-order chi connectivity index (χ1) is 9.93. The maximum Gasteiger partial charge on any atom is 0.279 e. The van der Waals surface area contributed by atoms with Crippen molar-refractivity contribution in [3.63, 3.8) is 0 Å². The van der Waals surface area contributed by atoms with E-state index in [0.717, 1.165) is 18.1 Å². The summed E-state index contributed by atoms with van der Waals surface area (Å²) in [5.41, 5.74) is 1.83. The second kappa shape index (κ2) is 5.35. The normalized spacial score (nSPS) is 33.1. The quantitative estimate of drug-likeness (QED) is 0.865. The minimum atomic E-state index is 0.133. The highest BCUT2D eigenvalue weighted by Crippen LogP contribution is 2.65. The van der Waals surface area contributed by atoms with Crippen LogP contribution in [0.3, 0.4) is 0 Å². The molecule has 2 fully saturated rings. The predicted octanol–water partition coefficient (Wildman–Crippen LogP) is 4.84. The molecule has 3 heteroatoms. The first-order valence-electron chi connectivity index (χ1n) is 7.91. The van der Waals surface area contributed by atoms with E-state index in [1.54, 1.807) is 0 Å². The molecule has 1 N–H and O–H groups in total. The first-order valence-corrected chi connectivity index (χ1v) is 8.89. The minimum Gasteiger partial charge on any atom is -0.344 e. The van der Waals surface area contributed by atoms with E-state index in [0.29, 0.717) is 11.5 Å². The van der Waals surface area contributed by atoms with Crippen molar-refractivity contribution in [2.45, 2.75) is 51.8 Å². The van der Waals surface area contributed by atoms with Crippen LogP contribution < -0.4 is 5.32 Å². The molecule has 0 aromatic heterocycles. The van der Waals surface area contributed by atoms with Crippen LogP contribution in [-0.4, -0.2) is 11.3 Å². The number of amides is 1. The third-order valence-corrected chi connectivity index (χ3v) is 7.16. The molecule has 0 heterocycles. The smallest absolute Gasteiger partial charge is 0.279 e. The van der Waals surface area contributed by atoms with Gasteiger partial charge in [-0.3, -0.25) is 4.79 Å². The minimum absolute atomic E-state index is 0.133. The van der Waals surface area contributed by atoms with Crippen molar-refractivity contribution in [3.05, 3.63) is 35.9 Å². The van der Waals surface area contributed by atoms with Gasteiger partial charge in [0.05, 0.1) is 0 Å². The number of thioether (sulfide) groups is 1. The molecule has 0 radical (unpaired) electrons. The standard InChI is InChI=1S/C18H25NOS/c1-17(2)14-9-10-18(17,3)15(11-14)19-16(20)21-12-13-7-5-4-6-8-13/h4-8,14-15H,9-12H2,1-3H3,(H,19,20)/t14-,15-,18-/m1/s1. The van der Waals surface area contributed by atoms with Gasteiger partial charge in [0.1, 0.15) is 0 Å². The summed E-state index contributed by atoms with van der Waals surface area (Å²) in [5.74, 6) is 1.52. The summed E-state index contributed by atoms with van der Waals surface area (Å²) in [6.07, 6.45) is 3.73. The van der Waals surface area contributed by atoms with Gasteiger partial charge in [0.25, 0.3) is 5.24 Å². The number of carbonyl (C=O) groups is 1. The van der Waals surface area contributed by atoms with Gasteiger partial charge in [-0.05, 0) is 41.6 Å². The number of hydrogen-bond donors (Lipinski definition) is 1. The number of benzene rings is 1. The van der Waals surface area contributed by atoms with Crippen LogP contribution in [0.2, 0.25) is 0 Å². The first kappa shape index (κ1) is 15.0. The molecule has 3 rings (SSSR count). The molecule has 114 valence electrons. The van der Waals surface area contributed by atoms with Crippen LogP contribution in [0.5, 0.6) is 0 Å². The summed E-state index contributed by atoms with van der Waals surface area (Å²) in [7, 11) is 0. The Balaban J connectivity index is 1.57. The molecule has 1 amide bonds. The van der Waals surface area contributed by atoms with Gasteiger partial charge in [0.2, 0.25) is 0 Å². The van der Waals surface area contributed by atoms with Gasteiger partial charge in [-0.25, -0.2) is 0 Å². The zero-order valence-electron chi connectivity index (χ0n) is 13.2. The summed E-state index contributed by atoms with van der Waals surface area (Å²) in [6.45, 7) is 7.13. The molecule has 1 aromatic rings. The summed E-state index contributed by atoms with van der Waals surface area (Å²) >= 11 is 1.39. The Morgan fingerprint density at radius 1 is 1.29 bits per heavy atom. The maximum absolute atomic E-state index is 12.3. The van der Waals surface area contributed by atoms with Gasteiger partial charge in [-0.1, -0.05) is 62.9 Å². The zero-order chi connectivity index (χ0) is 15.1. The fourth-order valence-corrected chi connectivity index (χ4v) is 5.04. The average Bonchev–Trinajstić information content (AvgIpc) is 2.79. The van der Waals surface area contributed by atoms with E-state index >= 15 is 0 Å². The van der Waals surface area contributed by atoms with E-state index in [9.17, 15) is 4.79 Å². The van der Waals surface area contributed by atoms with Crippen LogP contribution >= 0.6 is 11.8 Å². The summed E-state index contributed by atoms with van der Waals surface area (Å²) in [5, 5.41) is 3.43. The van der Waals surface area contributed by atoms with Crippen molar-refractivity contribution in [1.82, 2.24) is 5.32 Å². The van der Waals surface area contributed by atoms with Crippen LogP contribution in [0, 0.1) is 16.7 Å². The van der Waals surface area contributed by atoms with E-state index < -0.39 is 0 Å². The molecule has 2 bridgehead atoms. The van der Waals surface area contributed by atoms with Gasteiger partial charge in [0.15, 0.2) is 0 Å². The highest BCUT2D eigenvalue weighted by Gasteiger charge is 2.61. The maximum atomic E-state index is 12.3. The van der Waals surface area contributed by atoms with Crippen LogP contribution in [0.25, 0.3) is 0 Å². The van der Waals surface area contributed by atoms with Crippen LogP contribution in [-0.2, 0) is 5.75 Å². The lowest BCUT2D eigenvalue weighted by molar-refractivity contribution is 0.126. The second-order valence-electron chi connectivity index (χ2n) is 7.37. The van der Waals surface area contributed by atoms with E-state index in [2.05, 4.69) is 38.2 Å². The lowest BCUT2D eigenvalue weighted by atomic mass is 9.69. The van der Waals surface area contributed by atoms with Crippen molar-refractivity contribution in [2.24, 2.45) is 16.7 Å². The van der Waals surface area contributed by atoms with Gasteiger partial charge in [-0.15, -0.1) is 0 Å². The third-order valence-electron chi connectivity index (χ3n) is 6.30. The molecule has 2 nitrogen and oxygen atoms in total. The van der Waals surface area contributed by atoms with E-state index in [4.69, 9.17) is 0 Å². The molecule has 3 atom stereocenters. The number of hydrogen-bond acceptors (Lipinski definition) is 2. The molecular weight excluding hydrogens is 278 g/mol. The number of fused-ring (bicyclic) bond motifs is 2. The molecule has 2 aliphatic rings. The molecule has 2 saturated carbocycles. The Kier molecular flexibility index (Phi) is 3.81. The van der Waals surface area contributed by atoms with Crippen molar-refractivity contribution in [3.8, 4) is 0 Å². The predicted molar refractivity (Wildman–Crippen MR) is 89.3 cm³/mol. The summed E-state index contributed by atoms with van der Waals surface area (Å²) in [4.78, 5) is 12.3. The molecule has 0 spiro atoms. The Morgan fingerprint density at radius 2 is 2.00 bits per heavy atom. The average molecular weight is 303 g/mol. The second-order valence-corrected chi connectivity index (χ2v) is 8.32. The Labute approximate surface area is 132 Å². The van der Waals surface area contributed by atoms with Crippen molar-refractivity contribution in [2.75, 3.05) is 0 Å². The molecule has 0 aliphatic heterocycles. The van der Waals surface area contributed by atoms with E-state index in [-0.39, 0.29) is 10.7 Å². The van der Waals surface area contributed by atoms with Crippen molar-refractivity contribution >= 4 is 17.0 Å². The van der Waals surface area contributed by atoms with Crippen molar-refractivity contribution in [1.29, 1.82) is 0 Å². The number of nitrogens with one attached hydrogen (secondary N) is 1. The molecule has 2 aliphatic carbocycles. The van der Waals surface area contributed by atoms with Gasteiger partial charge in [-0.2, -0.15) is 0 Å². The van der Waals surface area contributed by atoms with E-state index in [1.165, 1.54) is 30.2 Å².